The topological polar surface area (TPSA) is 96.6 Å². The number of hydrogen-bond acceptors (Lipinski definition) is 4. The van der Waals surface area contributed by atoms with Crippen LogP contribution in [-0.2, 0) is 10.0 Å². The number of nitrogens with one attached hydrogen (secondary N) is 2. The Hall–Kier alpha value is -1.12. The summed E-state index contributed by atoms with van der Waals surface area (Å²) in [5.74, 6) is 0.320. The molecular weight excluding hydrogens is 272 g/mol. The highest BCUT2D eigenvalue weighted by atomic mass is 32.2. The van der Waals surface area contributed by atoms with E-state index in [0.29, 0.717) is 16.7 Å². The van der Waals surface area contributed by atoms with E-state index in [1.54, 1.807) is 17.5 Å². The Morgan fingerprint density at radius 3 is 2.83 bits per heavy atom. The van der Waals surface area contributed by atoms with Crippen LogP contribution < -0.4 is 15.8 Å². The van der Waals surface area contributed by atoms with Gasteiger partial charge in [-0.1, -0.05) is 6.07 Å². The zero-order valence-electron chi connectivity index (χ0n) is 10.4. The summed E-state index contributed by atoms with van der Waals surface area (Å²) in [6.07, 6.45) is 0. The second kappa shape index (κ2) is 6.72. The smallest absolute Gasteiger partial charge is 0.250 e. The minimum atomic E-state index is -3.40. The van der Waals surface area contributed by atoms with Gasteiger partial charge in [0.25, 0.3) is 0 Å². The molecule has 4 N–H and O–H groups in total. The Labute approximate surface area is 111 Å². The van der Waals surface area contributed by atoms with Gasteiger partial charge in [-0.3, -0.25) is 4.99 Å². The normalized spacial score (nSPS) is 12.9. The molecule has 18 heavy (non-hydrogen) atoms. The maximum absolute atomic E-state index is 11.7. The molecule has 0 spiro atoms. The largest absolute Gasteiger partial charge is 0.370 e. The van der Waals surface area contributed by atoms with Crippen LogP contribution >= 0.6 is 11.3 Å². The average molecular weight is 290 g/mol. The molecule has 1 aromatic rings. The van der Waals surface area contributed by atoms with Crippen molar-refractivity contribution in [1.29, 1.82) is 0 Å². The second-order valence-electron chi connectivity index (χ2n) is 3.90. The molecule has 0 amide bonds. The Bertz CT molecular complexity index is 480. The molecule has 0 unspecified atom stereocenters. The third-order valence-electron chi connectivity index (χ3n) is 1.88. The monoisotopic (exact) mass is 290 g/mol. The van der Waals surface area contributed by atoms with Gasteiger partial charge in [-0.25, -0.2) is 13.1 Å². The van der Waals surface area contributed by atoms with E-state index in [-0.39, 0.29) is 12.6 Å². The van der Waals surface area contributed by atoms with E-state index in [2.05, 4.69) is 15.0 Å². The molecule has 0 saturated heterocycles. The van der Waals surface area contributed by atoms with Crippen LogP contribution in [-0.4, -0.2) is 33.5 Å². The number of sulfonamides is 1. The fourth-order valence-corrected chi connectivity index (χ4v) is 3.24. The molecule has 1 rings (SSSR count). The lowest BCUT2D eigenvalue weighted by molar-refractivity contribution is 0.584. The Morgan fingerprint density at radius 2 is 2.28 bits per heavy atom. The molecule has 0 aliphatic carbocycles. The lowest BCUT2D eigenvalue weighted by Gasteiger charge is -2.08. The average Bonchev–Trinajstić information content (AvgIpc) is 2.77. The molecule has 6 nitrogen and oxygen atoms in total. The van der Waals surface area contributed by atoms with Crippen LogP contribution in [0.25, 0.3) is 0 Å². The zero-order valence-corrected chi connectivity index (χ0v) is 12.0. The summed E-state index contributed by atoms with van der Waals surface area (Å²) in [4.78, 5) is 4.01. The van der Waals surface area contributed by atoms with Gasteiger partial charge in [0.2, 0.25) is 10.0 Å². The quantitative estimate of drug-likeness (QED) is 0.400. The first-order chi connectivity index (χ1) is 8.42. The van der Waals surface area contributed by atoms with Gasteiger partial charge in [0.05, 0.1) is 6.54 Å². The molecule has 0 atom stereocenters. The Balaban J connectivity index is 2.39. The van der Waals surface area contributed by atoms with Crippen molar-refractivity contribution in [2.24, 2.45) is 10.7 Å². The van der Waals surface area contributed by atoms with Gasteiger partial charge in [0.1, 0.15) is 4.21 Å². The van der Waals surface area contributed by atoms with Crippen LogP contribution in [0.3, 0.4) is 0 Å². The van der Waals surface area contributed by atoms with Crippen molar-refractivity contribution in [1.82, 2.24) is 10.0 Å². The lowest BCUT2D eigenvalue weighted by atomic mass is 10.4. The van der Waals surface area contributed by atoms with Gasteiger partial charge in [-0.15, -0.1) is 11.3 Å². The molecule has 0 aliphatic heterocycles. The van der Waals surface area contributed by atoms with Crippen LogP contribution in [0.5, 0.6) is 0 Å². The van der Waals surface area contributed by atoms with E-state index in [0.717, 1.165) is 0 Å². The third kappa shape index (κ3) is 5.03. The van der Waals surface area contributed by atoms with Gasteiger partial charge in [-0.05, 0) is 25.3 Å². The number of nitrogens with zero attached hydrogens (tertiary/aromatic N) is 1. The summed E-state index contributed by atoms with van der Waals surface area (Å²) in [5, 5.41) is 4.64. The lowest BCUT2D eigenvalue weighted by Crippen LogP contribution is -2.37. The number of rotatable bonds is 6. The molecule has 1 heterocycles. The fraction of sp³-hybridized carbons (Fsp3) is 0.500. The molecule has 8 heteroatoms. The summed E-state index contributed by atoms with van der Waals surface area (Å²) >= 11 is 1.18. The first-order valence-electron chi connectivity index (χ1n) is 5.51. The molecule has 0 radical (unpaired) electrons. The van der Waals surface area contributed by atoms with Crippen molar-refractivity contribution >= 4 is 27.3 Å². The van der Waals surface area contributed by atoms with Crippen molar-refractivity contribution in [3.63, 3.8) is 0 Å². The van der Waals surface area contributed by atoms with E-state index >= 15 is 0 Å². The predicted molar refractivity (Wildman–Crippen MR) is 74.3 cm³/mol. The van der Waals surface area contributed by atoms with Crippen LogP contribution in [0.2, 0.25) is 0 Å². The first kappa shape index (κ1) is 14.9. The summed E-state index contributed by atoms with van der Waals surface area (Å²) in [5.41, 5.74) is 5.58. The van der Waals surface area contributed by atoms with Gasteiger partial charge < -0.3 is 11.1 Å². The SMILES string of the molecule is CC(C)NC(N)=NCCNS(=O)(=O)c1cccs1. The van der Waals surface area contributed by atoms with E-state index in [9.17, 15) is 8.42 Å². The molecular formula is C10H18N4O2S2. The van der Waals surface area contributed by atoms with E-state index in [1.807, 2.05) is 13.8 Å². The van der Waals surface area contributed by atoms with Crippen molar-refractivity contribution < 1.29 is 8.42 Å². The third-order valence-corrected chi connectivity index (χ3v) is 4.74. The summed E-state index contributed by atoms with van der Waals surface area (Å²) in [6.45, 7) is 4.42. The number of hydrogen-bond donors (Lipinski definition) is 3. The van der Waals surface area contributed by atoms with Crippen molar-refractivity contribution in [3.05, 3.63) is 17.5 Å². The fourth-order valence-electron chi connectivity index (χ4n) is 1.19. The van der Waals surface area contributed by atoms with Crippen LogP contribution in [0, 0.1) is 0 Å². The minimum Gasteiger partial charge on any atom is -0.370 e. The van der Waals surface area contributed by atoms with Crippen LogP contribution in [0.4, 0.5) is 0 Å². The molecule has 0 fully saturated rings. The van der Waals surface area contributed by atoms with Crippen LogP contribution in [0.1, 0.15) is 13.8 Å². The van der Waals surface area contributed by atoms with E-state index in [1.165, 1.54) is 11.3 Å². The van der Waals surface area contributed by atoms with E-state index in [4.69, 9.17) is 5.73 Å². The number of aliphatic imine (C=N–C) groups is 1. The minimum absolute atomic E-state index is 0.205. The summed E-state index contributed by atoms with van der Waals surface area (Å²) < 4.78 is 26.2. The molecule has 1 aromatic heterocycles. The van der Waals surface area contributed by atoms with Gasteiger partial charge in [-0.2, -0.15) is 0 Å². The predicted octanol–water partition coefficient (Wildman–Crippen LogP) is 0.339. The number of thiophene rings is 1. The number of guanidine groups is 1. The number of nitrogens with two attached hydrogens (primary N) is 1. The zero-order chi connectivity index (χ0) is 13.6. The highest BCUT2D eigenvalue weighted by Crippen LogP contribution is 2.14. The summed E-state index contributed by atoms with van der Waals surface area (Å²) in [6, 6.07) is 3.46. The van der Waals surface area contributed by atoms with Gasteiger partial charge in [0.15, 0.2) is 5.96 Å². The van der Waals surface area contributed by atoms with Gasteiger partial charge in [0, 0.05) is 12.6 Å². The van der Waals surface area contributed by atoms with Crippen molar-refractivity contribution in [2.75, 3.05) is 13.1 Å². The Kier molecular flexibility index (Phi) is 5.57. The molecule has 0 aromatic carbocycles. The maximum Gasteiger partial charge on any atom is 0.250 e. The van der Waals surface area contributed by atoms with Crippen LogP contribution in [0.15, 0.2) is 26.7 Å². The van der Waals surface area contributed by atoms with Crippen molar-refractivity contribution in [3.8, 4) is 0 Å². The summed E-state index contributed by atoms with van der Waals surface area (Å²) in [7, 11) is -3.40. The Morgan fingerprint density at radius 1 is 1.56 bits per heavy atom. The highest BCUT2D eigenvalue weighted by Gasteiger charge is 2.13. The molecule has 0 saturated carbocycles. The van der Waals surface area contributed by atoms with E-state index < -0.39 is 10.0 Å². The first-order valence-corrected chi connectivity index (χ1v) is 7.88. The second-order valence-corrected chi connectivity index (χ2v) is 6.84. The van der Waals surface area contributed by atoms with Crippen molar-refractivity contribution in [2.45, 2.75) is 24.1 Å². The molecule has 102 valence electrons. The standard InChI is InChI=1S/C10H18N4O2S2/c1-8(2)14-10(11)12-5-6-13-18(15,16)9-4-3-7-17-9/h3-4,7-8,13H,5-6H2,1-2H3,(H3,11,12,14). The molecule has 0 aliphatic rings. The van der Waals surface area contributed by atoms with Gasteiger partial charge >= 0.3 is 0 Å². The maximum atomic E-state index is 11.7. The molecule has 0 bridgehead atoms. The highest BCUT2D eigenvalue weighted by molar-refractivity contribution is 7.91.